The summed E-state index contributed by atoms with van der Waals surface area (Å²) in [5, 5.41) is 9.99. The summed E-state index contributed by atoms with van der Waals surface area (Å²) in [7, 11) is 0. The molecule has 112 valence electrons. The molecule has 0 aliphatic rings. The van der Waals surface area contributed by atoms with E-state index in [0.29, 0.717) is 5.56 Å². The third-order valence-electron chi connectivity index (χ3n) is 3.37. The molecule has 0 saturated heterocycles. The highest BCUT2D eigenvalue weighted by Gasteiger charge is 2.28. The Kier molecular flexibility index (Phi) is 4.60. The summed E-state index contributed by atoms with van der Waals surface area (Å²) in [6, 6.07) is 3.54. The predicted octanol–water partition coefficient (Wildman–Crippen LogP) is 4.80. The third-order valence-corrected chi connectivity index (χ3v) is 3.57. The minimum absolute atomic E-state index is 0.109. The molecule has 0 aliphatic heterocycles. The highest BCUT2D eigenvalue weighted by molar-refractivity contribution is 6.33. The molecule has 20 heavy (non-hydrogen) atoms. The molecule has 1 N–H and O–H groups in total. The molecule has 2 nitrogen and oxygen atoms in total. The van der Waals surface area contributed by atoms with Gasteiger partial charge in [-0.3, -0.25) is 4.79 Å². The van der Waals surface area contributed by atoms with E-state index in [1.807, 2.05) is 41.5 Å². The summed E-state index contributed by atoms with van der Waals surface area (Å²) < 4.78 is 0. The van der Waals surface area contributed by atoms with Crippen LogP contribution in [0.25, 0.3) is 0 Å². The highest BCUT2D eigenvalue weighted by atomic mass is 35.5. The number of carbonyl (C=O) groups is 1. The first kappa shape index (κ1) is 17.0. The van der Waals surface area contributed by atoms with Gasteiger partial charge in [-0.25, -0.2) is 0 Å². The van der Waals surface area contributed by atoms with Crippen molar-refractivity contribution in [1.29, 1.82) is 0 Å². The number of halogens is 1. The maximum Gasteiger partial charge on any atom is 0.180 e. The zero-order chi connectivity index (χ0) is 15.9. The van der Waals surface area contributed by atoms with Crippen LogP contribution in [0.4, 0.5) is 0 Å². The molecule has 0 fully saturated rings. The van der Waals surface area contributed by atoms with Crippen LogP contribution >= 0.6 is 11.6 Å². The standard InChI is InChI=1S/C17H25ClO2/c1-10(18)14(19)11-8-12(16(2,3)4)15(20)13(9-11)17(5,6)7/h8-10,20H,1-7H3. The molecule has 1 aromatic rings. The second kappa shape index (κ2) is 5.40. The van der Waals surface area contributed by atoms with Crippen molar-refractivity contribution in [2.45, 2.75) is 64.7 Å². The number of rotatable bonds is 2. The van der Waals surface area contributed by atoms with Crippen molar-refractivity contribution in [3.8, 4) is 5.75 Å². The second-order valence-corrected chi connectivity index (χ2v) is 8.05. The number of aromatic hydroxyl groups is 1. The minimum Gasteiger partial charge on any atom is -0.507 e. The molecule has 1 unspecified atom stereocenters. The lowest BCUT2D eigenvalue weighted by Gasteiger charge is -2.28. The number of hydrogen-bond donors (Lipinski definition) is 1. The summed E-state index contributed by atoms with van der Waals surface area (Å²) in [5.41, 5.74) is 1.66. The maximum atomic E-state index is 12.2. The van der Waals surface area contributed by atoms with E-state index >= 15 is 0 Å². The molecule has 0 aliphatic carbocycles. The van der Waals surface area contributed by atoms with Crippen LogP contribution in [-0.2, 0) is 10.8 Å². The van der Waals surface area contributed by atoms with Crippen molar-refractivity contribution >= 4 is 17.4 Å². The van der Waals surface area contributed by atoms with E-state index in [2.05, 4.69) is 0 Å². The van der Waals surface area contributed by atoms with E-state index in [-0.39, 0.29) is 22.4 Å². The van der Waals surface area contributed by atoms with Gasteiger partial charge in [-0.05, 0) is 29.9 Å². The summed E-state index contributed by atoms with van der Waals surface area (Å²) in [6.45, 7) is 13.8. The molecule has 0 aromatic heterocycles. The fraction of sp³-hybridized carbons (Fsp3) is 0.588. The molecule has 0 radical (unpaired) electrons. The molecule has 0 amide bonds. The number of carbonyl (C=O) groups excluding carboxylic acids is 1. The van der Waals surface area contributed by atoms with E-state index in [1.165, 1.54) is 0 Å². The number of alkyl halides is 1. The normalized spacial score (nSPS) is 14.2. The van der Waals surface area contributed by atoms with Crippen LogP contribution in [0.2, 0.25) is 0 Å². The lowest BCUT2D eigenvalue weighted by Crippen LogP contribution is -2.20. The van der Waals surface area contributed by atoms with E-state index in [1.54, 1.807) is 19.1 Å². The van der Waals surface area contributed by atoms with Gasteiger partial charge in [0, 0.05) is 16.7 Å². The smallest absolute Gasteiger partial charge is 0.180 e. The first-order valence-corrected chi connectivity index (χ1v) is 7.35. The van der Waals surface area contributed by atoms with Crippen molar-refractivity contribution in [3.63, 3.8) is 0 Å². The van der Waals surface area contributed by atoms with Crippen LogP contribution in [0.1, 0.15) is 70.0 Å². The first-order valence-electron chi connectivity index (χ1n) is 6.92. The minimum atomic E-state index is -0.569. The van der Waals surface area contributed by atoms with Gasteiger partial charge in [0.25, 0.3) is 0 Å². The molecule has 0 saturated carbocycles. The zero-order valence-corrected chi connectivity index (χ0v) is 14.2. The largest absolute Gasteiger partial charge is 0.507 e. The number of phenols is 1. The summed E-state index contributed by atoms with van der Waals surface area (Å²) in [4.78, 5) is 12.2. The Balaban J connectivity index is 3.63. The average Bonchev–Trinajstić information content (AvgIpc) is 2.24. The lowest BCUT2D eigenvalue weighted by atomic mass is 9.78. The summed E-state index contributed by atoms with van der Waals surface area (Å²) in [5.74, 6) is 0.173. The van der Waals surface area contributed by atoms with Gasteiger partial charge in [-0.2, -0.15) is 0 Å². The van der Waals surface area contributed by atoms with Gasteiger partial charge >= 0.3 is 0 Å². The molecule has 1 atom stereocenters. The van der Waals surface area contributed by atoms with Crippen LogP contribution < -0.4 is 0 Å². The van der Waals surface area contributed by atoms with Crippen LogP contribution in [0.15, 0.2) is 12.1 Å². The van der Waals surface area contributed by atoms with Crippen molar-refractivity contribution in [3.05, 3.63) is 28.8 Å². The maximum absolute atomic E-state index is 12.2. The Morgan fingerprint density at radius 2 is 1.40 bits per heavy atom. The van der Waals surface area contributed by atoms with Crippen molar-refractivity contribution < 1.29 is 9.90 Å². The molecular weight excluding hydrogens is 272 g/mol. The van der Waals surface area contributed by atoms with E-state index in [9.17, 15) is 9.90 Å². The van der Waals surface area contributed by atoms with Gasteiger partial charge < -0.3 is 5.11 Å². The quantitative estimate of drug-likeness (QED) is 0.629. The number of Topliss-reactive ketones (excluding diaryl/α,β-unsaturated/α-hetero) is 1. The van der Waals surface area contributed by atoms with Gasteiger partial charge in [0.2, 0.25) is 0 Å². The van der Waals surface area contributed by atoms with Crippen molar-refractivity contribution in [1.82, 2.24) is 0 Å². The monoisotopic (exact) mass is 296 g/mol. The van der Waals surface area contributed by atoms with E-state index in [4.69, 9.17) is 11.6 Å². The average molecular weight is 297 g/mol. The molecule has 0 heterocycles. The Morgan fingerprint density at radius 3 is 1.65 bits per heavy atom. The Bertz CT molecular complexity index is 482. The van der Waals surface area contributed by atoms with Gasteiger partial charge in [0.05, 0.1) is 5.38 Å². The molecule has 0 bridgehead atoms. The molecule has 3 heteroatoms. The molecule has 1 aromatic carbocycles. The van der Waals surface area contributed by atoms with Crippen LogP contribution in [0, 0.1) is 0 Å². The Labute approximate surface area is 127 Å². The molecule has 0 spiro atoms. The fourth-order valence-corrected chi connectivity index (χ4v) is 2.28. The number of benzene rings is 1. The van der Waals surface area contributed by atoms with Gasteiger partial charge in [0.1, 0.15) is 5.75 Å². The van der Waals surface area contributed by atoms with Crippen molar-refractivity contribution in [2.24, 2.45) is 0 Å². The summed E-state index contributed by atoms with van der Waals surface area (Å²) in [6.07, 6.45) is 0. The van der Waals surface area contributed by atoms with E-state index < -0.39 is 5.38 Å². The lowest BCUT2D eigenvalue weighted by molar-refractivity contribution is 0.0991. The second-order valence-electron chi connectivity index (χ2n) is 7.40. The van der Waals surface area contributed by atoms with Crippen molar-refractivity contribution in [2.75, 3.05) is 0 Å². The third kappa shape index (κ3) is 3.54. The summed E-state index contributed by atoms with van der Waals surface area (Å²) >= 11 is 5.92. The highest BCUT2D eigenvalue weighted by Crippen LogP contribution is 2.40. The Morgan fingerprint density at radius 1 is 1.05 bits per heavy atom. The molecular formula is C17H25ClO2. The van der Waals surface area contributed by atoms with Crippen LogP contribution in [0.3, 0.4) is 0 Å². The number of ketones is 1. The Hall–Kier alpha value is -1.02. The molecule has 1 rings (SSSR count). The topological polar surface area (TPSA) is 37.3 Å². The first-order chi connectivity index (χ1) is 8.85. The SMILES string of the molecule is CC(Cl)C(=O)c1cc(C(C)(C)C)c(O)c(C(C)(C)C)c1. The van der Waals surface area contributed by atoms with Gasteiger partial charge in [0.15, 0.2) is 5.78 Å². The van der Waals surface area contributed by atoms with Gasteiger partial charge in [-0.1, -0.05) is 41.5 Å². The predicted molar refractivity (Wildman–Crippen MR) is 85.2 cm³/mol. The van der Waals surface area contributed by atoms with Crippen LogP contribution in [0.5, 0.6) is 5.75 Å². The number of hydrogen-bond acceptors (Lipinski definition) is 2. The van der Waals surface area contributed by atoms with Gasteiger partial charge in [-0.15, -0.1) is 11.6 Å². The van der Waals surface area contributed by atoms with E-state index in [0.717, 1.165) is 11.1 Å². The van der Waals surface area contributed by atoms with Crippen LogP contribution in [-0.4, -0.2) is 16.3 Å². The number of phenolic OH excluding ortho intramolecular Hbond substituents is 1. The zero-order valence-electron chi connectivity index (χ0n) is 13.5. The fourth-order valence-electron chi connectivity index (χ4n) is 2.15.